The molecule has 91 valence electrons. The van der Waals surface area contributed by atoms with Crippen LogP contribution >= 0.6 is 0 Å². The van der Waals surface area contributed by atoms with Gasteiger partial charge in [0, 0.05) is 13.2 Å². The van der Waals surface area contributed by atoms with Gasteiger partial charge in [-0.3, -0.25) is 0 Å². The van der Waals surface area contributed by atoms with E-state index in [-0.39, 0.29) is 0 Å². The zero-order chi connectivity index (χ0) is 11.2. The minimum Gasteiger partial charge on any atom is -0.348 e. The van der Waals surface area contributed by atoms with Crippen molar-refractivity contribution in [1.29, 1.82) is 0 Å². The third kappa shape index (κ3) is 13.9. The van der Waals surface area contributed by atoms with Crippen LogP contribution in [0.1, 0.15) is 65.2 Å². The summed E-state index contributed by atoms with van der Waals surface area (Å²) >= 11 is 0. The summed E-state index contributed by atoms with van der Waals surface area (Å²) in [5.74, 6) is 0. The largest absolute Gasteiger partial charge is 0.348 e. The molecule has 2 nitrogen and oxygen atoms in total. The molecular weight excluding hydrogens is 188 g/mol. The molecule has 0 heterocycles. The van der Waals surface area contributed by atoms with Crippen molar-refractivity contribution < 1.29 is 9.47 Å². The van der Waals surface area contributed by atoms with E-state index >= 15 is 0 Å². The molecule has 15 heavy (non-hydrogen) atoms. The predicted molar refractivity (Wildman–Crippen MR) is 64.5 cm³/mol. The summed E-state index contributed by atoms with van der Waals surface area (Å²) in [6, 6.07) is 0. The lowest BCUT2D eigenvalue weighted by molar-refractivity contribution is 0.0178. The van der Waals surface area contributed by atoms with Gasteiger partial charge in [-0.2, -0.15) is 0 Å². The van der Waals surface area contributed by atoms with Gasteiger partial charge in [0.1, 0.15) is 0 Å². The van der Waals surface area contributed by atoms with Crippen LogP contribution in [-0.2, 0) is 9.47 Å². The van der Waals surface area contributed by atoms with Gasteiger partial charge >= 0.3 is 0 Å². The summed E-state index contributed by atoms with van der Waals surface area (Å²) in [4.78, 5) is 0. The maximum atomic E-state index is 5.24. The zero-order valence-corrected chi connectivity index (χ0v) is 10.5. The van der Waals surface area contributed by atoms with Crippen LogP contribution in [0.25, 0.3) is 0 Å². The molecule has 0 atom stereocenters. The van der Waals surface area contributed by atoms with Crippen LogP contribution in [0.15, 0.2) is 0 Å². The molecule has 0 spiro atoms. The Morgan fingerprint density at radius 2 is 1.13 bits per heavy atom. The maximum Gasteiger partial charge on any atom is 0.209 e. The van der Waals surface area contributed by atoms with Crippen molar-refractivity contribution in [3.63, 3.8) is 0 Å². The highest BCUT2D eigenvalue weighted by atomic mass is 16.7. The Hall–Kier alpha value is -0.0800. The highest BCUT2D eigenvalue weighted by Gasteiger charge is 1.92. The molecule has 0 bridgehead atoms. The van der Waals surface area contributed by atoms with Gasteiger partial charge in [-0.25, -0.2) is 0 Å². The molecule has 0 aliphatic heterocycles. The van der Waals surface area contributed by atoms with Crippen LogP contribution in [0.5, 0.6) is 0 Å². The predicted octanol–water partition coefficient (Wildman–Crippen LogP) is 4.30. The average molecular weight is 215 g/mol. The van der Waals surface area contributed by atoms with Gasteiger partial charge in [-0.15, -0.1) is 0 Å². The van der Waals surface area contributed by atoms with Crippen LogP contribution in [0.2, 0.25) is 0 Å². The molecule has 0 aliphatic carbocycles. The third-order valence-corrected chi connectivity index (χ3v) is 2.37. The summed E-state index contributed by atoms with van der Waals surface area (Å²) in [5.41, 5.74) is 0. The molecule has 0 aliphatic rings. The van der Waals surface area contributed by atoms with Crippen LogP contribution in [0.3, 0.4) is 0 Å². The summed E-state index contributed by atoms with van der Waals surface area (Å²) < 4.78 is 10.5. The summed E-state index contributed by atoms with van der Waals surface area (Å²) in [7, 11) is 0. The van der Waals surface area contributed by atoms with Crippen molar-refractivity contribution >= 4 is 0 Å². The van der Waals surface area contributed by atoms with Crippen molar-refractivity contribution in [3.05, 3.63) is 6.79 Å². The van der Waals surface area contributed by atoms with E-state index in [1.165, 1.54) is 45.3 Å². The lowest BCUT2D eigenvalue weighted by Crippen LogP contribution is -1.97. The van der Waals surface area contributed by atoms with Gasteiger partial charge < -0.3 is 9.47 Å². The summed E-state index contributed by atoms with van der Waals surface area (Å²) in [5, 5.41) is 0. The fraction of sp³-hybridized carbons (Fsp3) is 0.923. The minimum absolute atomic E-state index is 0.801. The topological polar surface area (TPSA) is 18.5 Å². The first-order valence-corrected chi connectivity index (χ1v) is 6.46. The number of ether oxygens (including phenoxy) is 2. The van der Waals surface area contributed by atoms with E-state index in [0.29, 0.717) is 0 Å². The monoisotopic (exact) mass is 215 g/mol. The molecule has 0 saturated carbocycles. The standard InChI is InChI=1S/C13H27O2/c1-3-5-7-9-11-14-13-15-12-10-8-6-4-2/h13H,3-12H2,1-2H3. The lowest BCUT2D eigenvalue weighted by atomic mass is 10.2. The first kappa shape index (κ1) is 14.9. The van der Waals surface area contributed by atoms with E-state index in [9.17, 15) is 0 Å². The van der Waals surface area contributed by atoms with Crippen LogP contribution < -0.4 is 0 Å². The quantitative estimate of drug-likeness (QED) is 0.452. The van der Waals surface area contributed by atoms with Crippen molar-refractivity contribution in [2.45, 2.75) is 65.2 Å². The molecule has 0 aromatic carbocycles. The van der Waals surface area contributed by atoms with Crippen molar-refractivity contribution in [1.82, 2.24) is 0 Å². The molecular formula is C13H27O2. The van der Waals surface area contributed by atoms with Crippen LogP contribution in [0, 0.1) is 6.79 Å². The normalized spacial score (nSPS) is 10.8. The number of rotatable bonds is 12. The molecule has 0 rings (SSSR count). The zero-order valence-electron chi connectivity index (χ0n) is 10.5. The Kier molecular flexibility index (Phi) is 13.8. The number of hydrogen-bond acceptors (Lipinski definition) is 2. The molecule has 0 amide bonds. The SMILES string of the molecule is CCCCCCO[CH]OCCCCCC. The fourth-order valence-corrected chi connectivity index (χ4v) is 1.37. The third-order valence-electron chi connectivity index (χ3n) is 2.37. The second kappa shape index (κ2) is 13.9. The minimum atomic E-state index is 0.801. The van der Waals surface area contributed by atoms with Crippen molar-refractivity contribution in [2.75, 3.05) is 13.2 Å². The first-order chi connectivity index (χ1) is 7.41. The molecule has 0 N–H and O–H groups in total. The summed E-state index contributed by atoms with van der Waals surface area (Å²) in [6.45, 7) is 7.54. The molecule has 0 unspecified atom stereocenters. The Bertz CT molecular complexity index is 92.7. The second-order valence-electron chi connectivity index (χ2n) is 3.96. The molecule has 0 aromatic heterocycles. The fourth-order valence-electron chi connectivity index (χ4n) is 1.37. The van der Waals surface area contributed by atoms with Gasteiger partial charge in [0.05, 0.1) is 0 Å². The van der Waals surface area contributed by atoms with Gasteiger partial charge in [-0.05, 0) is 12.8 Å². The van der Waals surface area contributed by atoms with Crippen molar-refractivity contribution in [3.8, 4) is 0 Å². The molecule has 2 heteroatoms. The molecule has 1 radical (unpaired) electrons. The highest BCUT2D eigenvalue weighted by molar-refractivity contribution is 4.42. The van der Waals surface area contributed by atoms with E-state index in [1.54, 1.807) is 0 Å². The van der Waals surface area contributed by atoms with Gasteiger partial charge in [0.2, 0.25) is 6.79 Å². The lowest BCUT2D eigenvalue weighted by Gasteiger charge is -2.04. The molecule has 0 saturated heterocycles. The Morgan fingerprint density at radius 1 is 0.667 bits per heavy atom. The Balaban J connectivity index is 2.81. The molecule has 0 aromatic rings. The average Bonchev–Trinajstić information content (AvgIpc) is 2.26. The van der Waals surface area contributed by atoms with Crippen LogP contribution in [-0.4, -0.2) is 13.2 Å². The summed E-state index contributed by atoms with van der Waals surface area (Å²) in [6.07, 6.45) is 9.98. The van der Waals surface area contributed by atoms with Crippen LogP contribution in [0.4, 0.5) is 0 Å². The van der Waals surface area contributed by atoms with E-state index in [0.717, 1.165) is 26.1 Å². The second-order valence-corrected chi connectivity index (χ2v) is 3.96. The van der Waals surface area contributed by atoms with Crippen molar-refractivity contribution in [2.24, 2.45) is 0 Å². The number of unbranched alkanes of at least 4 members (excludes halogenated alkanes) is 6. The Labute approximate surface area is 95.3 Å². The molecule has 0 fully saturated rings. The van der Waals surface area contributed by atoms with Gasteiger partial charge in [0.15, 0.2) is 0 Å². The first-order valence-electron chi connectivity index (χ1n) is 6.46. The maximum absolute atomic E-state index is 5.24. The van der Waals surface area contributed by atoms with Gasteiger partial charge in [-0.1, -0.05) is 52.4 Å². The Morgan fingerprint density at radius 3 is 1.53 bits per heavy atom. The van der Waals surface area contributed by atoms with E-state index in [1.807, 2.05) is 0 Å². The highest BCUT2D eigenvalue weighted by Crippen LogP contribution is 2.01. The van der Waals surface area contributed by atoms with Gasteiger partial charge in [0.25, 0.3) is 0 Å². The van der Waals surface area contributed by atoms with E-state index in [2.05, 4.69) is 13.8 Å². The van der Waals surface area contributed by atoms with E-state index < -0.39 is 0 Å². The smallest absolute Gasteiger partial charge is 0.209 e. The van der Waals surface area contributed by atoms with E-state index in [4.69, 9.17) is 9.47 Å². The number of hydrogen-bond donors (Lipinski definition) is 0.